The first-order valence-electron chi connectivity index (χ1n) is 15.4. The predicted molar refractivity (Wildman–Crippen MR) is 189 cm³/mol. The molecule has 0 bridgehead atoms. The molecule has 4 aromatic rings. The molecule has 0 heterocycles. The number of nitrogens with one attached hydrogen (secondary N) is 1. The largest absolute Gasteiger partial charge is 0.352 e. The molecule has 240 valence electrons. The third-order valence-corrected chi connectivity index (χ3v) is 11.0. The van der Waals surface area contributed by atoms with Crippen LogP contribution < -0.4 is 9.62 Å². The maximum atomic E-state index is 14.6. The van der Waals surface area contributed by atoms with Crippen molar-refractivity contribution in [1.82, 2.24) is 10.2 Å². The molecule has 0 saturated heterocycles. The normalized spacial score (nSPS) is 14.3. The summed E-state index contributed by atoms with van der Waals surface area (Å²) in [5, 5.41) is 3.24. The number of halogens is 2. The second-order valence-electron chi connectivity index (χ2n) is 11.5. The summed E-state index contributed by atoms with van der Waals surface area (Å²) >= 11 is 6.93. The number of rotatable bonds is 12. The Balaban J connectivity index is 1.55. The molecule has 0 aliphatic heterocycles. The summed E-state index contributed by atoms with van der Waals surface area (Å²) in [5.41, 5.74) is 2.06. The number of hydrogen-bond donors (Lipinski definition) is 1. The number of nitrogens with zero attached hydrogens (tertiary/aromatic N) is 2. The third-order valence-electron chi connectivity index (χ3n) is 8.20. The Morgan fingerprint density at radius 2 is 1.41 bits per heavy atom. The van der Waals surface area contributed by atoms with Gasteiger partial charge in [-0.05, 0) is 66.4 Å². The first-order chi connectivity index (χ1) is 22.2. The maximum Gasteiger partial charge on any atom is 0.264 e. The zero-order valence-electron chi connectivity index (χ0n) is 25.4. The van der Waals surface area contributed by atoms with Gasteiger partial charge in [0.2, 0.25) is 11.8 Å². The highest BCUT2D eigenvalue weighted by Crippen LogP contribution is 2.28. The molecule has 1 aliphatic rings. The van der Waals surface area contributed by atoms with Crippen LogP contribution in [-0.4, -0.2) is 43.8 Å². The van der Waals surface area contributed by atoms with Crippen molar-refractivity contribution in [2.45, 2.75) is 62.0 Å². The van der Waals surface area contributed by atoms with Gasteiger partial charge < -0.3 is 10.2 Å². The highest BCUT2D eigenvalue weighted by Gasteiger charge is 2.35. The summed E-state index contributed by atoms with van der Waals surface area (Å²) < 4.78 is 30.9. The van der Waals surface area contributed by atoms with E-state index in [9.17, 15) is 18.0 Å². The van der Waals surface area contributed by atoms with Crippen LogP contribution in [0.3, 0.4) is 0 Å². The molecular formula is C36H37Br2N3O4S. The summed E-state index contributed by atoms with van der Waals surface area (Å²) in [6.45, 7) is -0.369. The van der Waals surface area contributed by atoms with Crippen molar-refractivity contribution in [3.05, 3.63) is 129 Å². The summed E-state index contributed by atoms with van der Waals surface area (Å²) in [5.74, 6) is -0.719. The van der Waals surface area contributed by atoms with Gasteiger partial charge in [0, 0.05) is 28.0 Å². The van der Waals surface area contributed by atoms with Crippen LogP contribution in [0.4, 0.5) is 5.69 Å². The van der Waals surface area contributed by atoms with E-state index in [0.717, 1.165) is 52.0 Å². The van der Waals surface area contributed by atoms with E-state index in [4.69, 9.17) is 0 Å². The standard InChI is InChI=1S/C36H37Br2N3O4S/c37-29-21-19-28(20-22-29)25-40(34(23-27-11-4-1-5-12-27)36(43)39-31-14-6-2-7-15-31)35(42)26-41(32-16-10-13-30(38)24-32)46(44,45)33-17-8-3-9-18-33/h1,3-5,8-13,16-22,24,31,34H,2,6-7,14-15,23,25-26H2,(H,39,43)/t34-/m0/s1. The lowest BCUT2D eigenvalue weighted by Crippen LogP contribution is -2.55. The molecule has 0 spiro atoms. The number of benzene rings is 4. The van der Waals surface area contributed by atoms with Crippen LogP contribution in [0.25, 0.3) is 0 Å². The number of hydrogen-bond acceptors (Lipinski definition) is 4. The van der Waals surface area contributed by atoms with Gasteiger partial charge in [-0.15, -0.1) is 0 Å². The van der Waals surface area contributed by atoms with Gasteiger partial charge in [0.05, 0.1) is 10.6 Å². The van der Waals surface area contributed by atoms with Gasteiger partial charge in [0.1, 0.15) is 12.6 Å². The highest BCUT2D eigenvalue weighted by atomic mass is 79.9. The second-order valence-corrected chi connectivity index (χ2v) is 15.2. The van der Waals surface area contributed by atoms with Crippen molar-refractivity contribution in [2.24, 2.45) is 0 Å². The first kappa shape index (κ1) is 33.9. The molecular weight excluding hydrogens is 730 g/mol. The van der Waals surface area contributed by atoms with Gasteiger partial charge in [-0.25, -0.2) is 8.42 Å². The molecule has 0 aromatic heterocycles. The van der Waals surface area contributed by atoms with Crippen LogP contribution in [0.2, 0.25) is 0 Å². The van der Waals surface area contributed by atoms with Crippen molar-refractivity contribution in [1.29, 1.82) is 0 Å². The Morgan fingerprint density at radius 3 is 2.07 bits per heavy atom. The fraction of sp³-hybridized carbons (Fsp3) is 0.278. The molecule has 1 N–H and O–H groups in total. The van der Waals surface area contributed by atoms with Crippen LogP contribution in [-0.2, 0) is 32.6 Å². The number of sulfonamides is 1. The van der Waals surface area contributed by atoms with E-state index in [1.807, 2.05) is 54.6 Å². The summed E-state index contributed by atoms with van der Waals surface area (Å²) in [4.78, 5) is 30.4. The van der Waals surface area contributed by atoms with E-state index in [1.54, 1.807) is 47.4 Å². The van der Waals surface area contributed by atoms with Gasteiger partial charge >= 0.3 is 0 Å². The molecule has 1 aliphatic carbocycles. The van der Waals surface area contributed by atoms with Crippen LogP contribution in [0.5, 0.6) is 0 Å². The zero-order chi connectivity index (χ0) is 32.5. The van der Waals surface area contributed by atoms with E-state index in [1.165, 1.54) is 12.1 Å². The Bertz CT molecular complexity index is 1720. The smallest absolute Gasteiger partial charge is 0.264 e. The lowest BCUT2D eigenvalue weighted by molar-refractivity contribution is -0.140. The maximum absolute atomic E-state index is 14.6. The fourth-order valence-corrected chi connectivity index (χ4v) is 7.84. The van der Waals surface area contributed by atoms with Crippen molar-refractivity contribution < 1.29 is 18.0 Å². The van der Waals surface area contributed by atoms with Gasteiger partial charge in [-0.2, -0.15) is 0 Å². The van der Waals surface area contributed by atoms with Crippen molar-refractivity contribution in [2.75, 3.05) is 10.8 Å². The topological polar surface area (TPSA) is 86.8 Å². The van der Waals surface area contributed by atoms with Gasteiger partial charge in [0.25, 0.3) is 10.0 Å². The molecule has 0 radical (unpaired) electrons. The first-order valence-corrected chi connectivity index (χ1v) is 18.4. The van der Waals surface area contributed by atoms with Gasteiger partial charge in [-0.1, -0.05) is 118 Å². The third kappa shape index (κ3) is 8.86. The molecule has 4 aromatic carbocycles. The second kappa shape index (κ2) is 15.9. The van der Waals surface area contributed by atoms with Crippen molar-refractivity contribution in [3.63, 3.8) is 0 Å². The molecule has 5 rings (SSSR count). The predicted octanol–water partition coefficient (Wildman–Crippen LogP) is 7.50. The molecule has 46 heavy (non-hydrogen) atoms. The van der Waals surface area contributed by atoms with E-state index in [2.05, 4.69) is 37.2 Å². The number of carbonyl (C=O) groups is 2. The minimum Gasteiger partial charge on any atom is -0.352 e. The number of amides is 2. The van der Waals surface area contributed by atoms with E-state index in [-0.39, 0.29) is 29.8 Å². The molecule has 0 unspecified atom stereocenters. The average Bonchev–Trinajstić information content (AvgIpc) is 3.07. The van der Waals surface area contributed by atoms with Gasteiger partial charge in [0.15, 0.2) is 0 Å². The summed E-state index contributed by atoms with van der Waals surface area (Å²) in [6.07, 6.45) is 5.33. The van der Waals surface area contributed by atoms with Crippen molar-refractivity contribution in [3.8, 4) is 0 Å². The number of carbonyl (C=O) groups excluding carboxylic acids is 2. The quantitative estimate of drug-likeness (QED) is 0.162. The van der Waals surface area contributed by atoms with Crippen LogP contribution >= 0.6 is 31.9 Å². The minimum absolute atomic E-state index is 0.0424. The average molecular weight is 768 g/mol. The molecule has 7 nitrogen and oxygen atoms in total. The van der Waals surface area contributed by atoms with Crippen LogP contribution in [0, 0.1) is 0 Å². The molecule has 10 heteroatoms. The highest BCUT2D eigenvalue weighted by molar-refractivity contribution is 9.10. The Morgan fingerprint density at radius 1 is 0.761 bits per heavy atom. The molecule has 1 saturated carbocycles. The Hall–Kier alpha value is -3.47. The monoisotopic (exact) mass is 765 g/mol. The van der Waals surface area contributed by atoms with Crippen LogP contribution in [0.15, 0.2) is 123 Å². The lowest BCUT2D eigenvalue weighted by atomic mass is 9.94. The summed E-state index contributed by atoms with van der Waals surface area (Å²) in [7, 11) is -4.15. The Labute approximate surface area is 288 Å². The molecule has 2 amide bonds. The van der Waals surface area contributed by atoms with E-state index < -0.39 is 28.5 Å². The summed E-state index contributed by atoms with van der Waals surface area (Å²) in [6, 6.07) is 31.3. The van der Waals surface area contributed by atoms with Crippen LogP contribution in [0.1, 0.15) is 43.2 Å². The fourth-order valence-electron chi connectivity index (χ4n) is 5.76. The Kier molecular flexibility index (Phi) is 11.7. The molecule has 1 fully saturated rings. The molecule has 1 atom stereocenters. The van der Waals surface area contributed by atoms with E-state index >= 15 is 0 Å². The zero-order valence-corrected chi connectivity index (χ0v) is 29.4. The van der Waals surface area contributed by atoms with Crippen molar-refractivity contribution >= 4 is 59.4 Å². The lowest BCUT2D eigenvalue weighted by Gasteiger charge is -2.35. The van der Waals surface area contributed by atoms with Gasteiger partial charge in [-0.3, -0.25) is 13.9 Å². The number of anilines is 1. The van der Waals surface area contributed by atoms with E-state index in [0.29, 0.717) is 10.2 Å². The minimum atomic E-state index is -4.15. The SMILES string of the molecule is O=C(NC1CCCCC1)[C@H](Cc1ccccc1)N(Cc1ccc(Br)cc1)C(=O)CN(c1cccc(Br)c1)S(=O)(=O)c1ccccc1.